The molecule has 0 saturated carbocycles. The van der Waals surface area contributed by atoms with Gasteiger partial charge in [0.15, 0.2) is 0 Å². The van der Waals surface area contributed by atoms with Gasteiger partial charge in [-0.1, -0.05) is 13.8 Å². The number of nitrogens with zero attached hydrogens (tertiary/aromatic N) is 2. The average molecular weight is 301 g/mol. The molecule has 20 heavy (non-hydrogen) atoms. The third kappa shape index (κ3) is 5.04. The van der Waals surface area contributed by atoms with Crippen LogP contribution in [0, 0.1) is 0 Å². The number of pyridine rings is 1. The van der Waals surface area contributed by atoms with E-state index in [0.29, 0.717) is 12.4 Å². The molecule has 0 bridgehead atoms. The number of nitrogen functional groups attached to an aromatic ring is 1. The summed E-state index contributed by atoms with van der Waals surface area (Å²) < 4.78 is 26.7. The predicted molar refractivity (Wildman–Crippen MR) is 79.6 cm³/mol. The van der Waals surface area contributed by atoms with Crippen molar-refractivity contribution in [3.05, 3.63) is 18.3 Å². The van der Waals surface area contributed by atoms with Crippen LogP contribution in [0.4, 0.5) is 5.82 Å². The summed E-state index contributed by atoms with van der Waals surface area (Å²) in [5.74, 6) is 5.53. The van der Waals surface area contributed by atoms with Gasteiger partial charge in [-0.25, -0.2) is 24.0 Å². The smallest absolute Gasteiger partial charge is 0.240 e. The maximum absolute atomic E-state index is 12.1. The fourth-order valence-electron chi connectivity index (χ4n) is 1.79. The van der Waals surface area contributed by atoms with E-state index in [1.54, 1.807) is 0 Å². The Hall–Kier alpha value is -1.22. The first-order valence-electron chi connectivity index (χ1n) is 6.68. The Balaban J connectivity index is 2.53. The highest BCUT2D eigenvalue weighted by molar-refractivity contribution is 7.89. The van der Waals surface area contributed by atoms with Crippen LogP contribution in [0.5, 0.6) is 0 Å². The second-order valence-corrected chi connectivity index (χ2v) is 6.07. The topological polar surface area (TPSA) is 100 Å². The van der Waals surface area contributed by atoms with Crippen LogP contribution in [0.15, 0.2) is 23.2 Å². The van der Waals surface area contributed by atoms with Gasteiger partial charge in [0, 0.05) is 18.8 Å². The van der Waals surface area contributed by atoms with E-state index in [9.17, 15) is 8.42 Å². The van der Waals surface area contributed by atoms with Gasteiger partial charge in [-0.05, 0) is 32.1 Å². The molecule has 8 heteroatoms. The second-order valence-electron chi connectivity index (χ2n) is 4.30. The summed E-state index contributed by atoms with van der Waals surface area (Å²) in [5, 5.41) is 0. The Kier molecular flexibility index (Phi) is 6.86. The first-order chi connectivity index (χ1) is 9.53. The van der Waals surface area contributed by atoms with E-state index in [1.165, 1.54) is 18.3 Å². The molecule has 1 aromatic heterocycles. The largest absolute Gasteiger partial charge is 0.308 e. The standard InChI is InChI=1S/C12H23N5O2S/c1-3-17(4-2)9-5-7-15-20(18,19)11-6-8-14-12(10-11)16-13/h6,8,10,15H,3-5,7,9,13H2,1-2H3,(H,14,16). The second kappa shape index (κ2) is 8.15. The van der Waals surface area contributed by atoms with Gasteiger partial charge in [-0.15, -0.1) is 0 Å². The van der Waals surface area contributed by atoms with Crippen LogP contribution in [-0.4, -0.2) is 44.5 Å². The van der Waals surface area contributed by atoms with E-state index in [1.807, 2.05) is 0 Å². The third-order valence-corrected chi connectivity index (χ3v) is 4.49. The Morgan fingerprint density at radius 1 is 1.35 bits per heavy atom. The van der Waals surface area contributed by atoms with Gasteiger partial charge in [0.25, 0.3) is 0 Å². The van der Waals surface area contributed by atoms with Crippen LogP contribution in [0.3, 0.4) is 0 Å². The number of hydrogen-bond acceptors (Lipinski definition) is 6. The minimum Gasteiger partial charge on any atom is -0.308 e. The van der Waals surface area contributed by atoms with Crippen molar-refractivity contribution in [1.29, 1.82) is 0 Å². The van der Waals surface area contributed by atoms with Gasteiger partial charge in [0.2, 0.25) is 10.0 Å². The van der Waals surface area contributed by atoms with Crippen molar-refractivity contribution >= 4 is 15.8 Å². The van der Waals surface area contributed by atoms with E-state index in [2.05, 4.69) is 33.9 Å². The van der Waals surface area contributed by atoms with Gasteiger partial charge >= 0.3 is 0 Å². The maximum atomic E-state index is 12.1. The van der Waals surface area contributed by atoms with Crippen LogP contribution < -0.4 is 16.0 Å². The Labute approximate surface area is 120 Å². The molecule has 1 heterocycles. The molecule has 0 spiro atoms. The molecule has 0 aliphatic carbocycles. The number of aromatic nitrogens is 1. The van der Waals surface area contributed by atoms with Crippen molar-refractivity contribution in [2.75, 3.05) is 31.6 Å². The van der Waals surface area contributed by atoms with Crippen molar-refractivity contribution in [3.63, 3.8) is 0 Å². The number of nitrogens with two attached hydrogens (primary N) is 1. The lowest BCUT2D eigenvalue weighted by Crippen LogP contribution is -2.30. The molecule has 0 saturated heterocycles. The van der Waals surface area contributed by atoms with E-state index < -0.39 is 10.0 Å². The van der Waals surface area contributed by atoms with Crippen molar-refractivity contribution < 1.29 is 8.42 Å². The van der Waals surface area contributed by atoms with Crippen LogP contribution >= 0.6 is 0 Å². The van der Waals surface area contributed by atoms with Crippen LogP contribution in [-0.2, 0) is 10.0 Å². The SMILES string of the molecule is CCN(CC)CCCNS(=O)(=O)c1ccnc(NN)c1. The molecule has 0 aliphatic rings. The fraction of sp³-hybridized carbons (Fsp3) is 0.583. The fourth-order valence-corrected chi connectivity index (χ4v) is 2.88. The maximum Gasteiger partial charge on any atom is 0.240 e. The Morgan fingerprint density at radius 3 is 2.65 bits per heavy atom. The minimum absolute atomic E-state index is 0.156. The van der Waals surface area contributed by atoms with Gasteiger partial charge in [-0.2, -0.15) is 0 Å². The first-order valence-corrected chi connectivity index (χ1v) is 8.16. The summed E-state index contributed by atoms with van der Waals surface area (Å²) in [7, 11) is -3.51. The highest BCUT2D eigenvalue weighted by atomic mass is 32.2. The molecule has 0 atom stereocenters. The van der Waals surface area contributed by atoms with E-state index in [0.717, 1.165) is 26.1 Å². The summed E-state index contributed by atoms with van der Waals surface area (Å²) in [6.45, 7) is 7.41. The number of nitrogens with one attached hydrogen (secondary N) is 2. The van der Waals surface area contributed by atoms with Gasteiger partial charge < -0.3 is 10.3 Å². The quantitative estimate of drug-likeness (QED) is 0.346. The zero-order chi connectivity index (χ0) is 15.0. The summed E-state index contributed by atoms with van der Waals surface area (Å²) in [6, 6.07) is 2.83. The summed E-state index contributed by atoms with van der Waals surface area (Å²) in [4.78, 5) is 6.28. The normalized spacial score (nSPS) is 11.8. The predicted octanol–water partition coefficient (Wildman–Crippen LogP) is 0.377. The molecule has 1 rings (SSSR count). The summed E-state index contributed by atoms with van der Waals surface area (Å²) in [6.07, 6.45) is 2.17. The third-order valence-electron chi connectivity index (χ3n) is 3.03. The molecule has 0 radical (unpaired) electrons. The number of sulfonamides is 1. The number of anilines is 1. The molecular weight excluding hydrogens is 278 g/mol. The molecule has 0 fully saturated rings. The number of hydrogen-bond donors (Lipinski definition) is 3. The van der Waals surface area contributed by atoms with Gasteiger partial charge in [-0.3, -0.25) is 0 Å². The van der Waals surface area contributed by atoms with Crippen molar-refractivity contribution in [1.82, 2.24) is 14.6 Å². The summed E-state index contributed by atoms with van der Waals surface area (Å²) >= 11 is 0. The molecular formula is C12H23N5O2S. The van der Waals surface area contributed by atoms with E-state index in [4.69, 9.17) is 5.84 Å². The molecule has 0 aliphatic heterocycles. The van der Waals surface area contributed by atoms with Gasteiger partial charge in [0.1, 0.15) is 5.82 Å². The van der Waals surface area contributed by atoms with E-state index in [-0.39, 0.29) is 4.90 Å². The molecule has 1 aromatic rings. The van der Waals surface area contributed by atoms with Gasteiger partial charge in [0.05, 0.1) is 4.90 Å². The lowest BCUT2D eigenvalue weighted by Gasteiger charge is -2.17. The summed E-state index contributed by atoms with van der Waals surface area (Å²) in [5.41, 5.74) is 2.33. The molecule has 114 valence electrons. The van der Waals surface area contributed by atoms with Crippen LogP contribution in [0.25, 0.3) is 0 Å². The van der Waals surface area contributed by atoms with Crippen LogP contribution in [0.1, 0.15) is 20.3 Å². The highest BCUT2D eigenvalue weighted by Gasteiger charge is 2.14. The molecule has 0 amide bonds. The lowest BCUT2D eigenvalue weighted by atomic mass is 10.4. The monoisotopic (exact) mass is 301 g/mol. The van der Waals surface area contributed by atoms with Crippen molar-refractivity contribution in [2.24, 2.45) is 5.84 Å². The molecule has 4 N–H and O–H groups in total. The van der Waals surface area contributed by atoms with Crippen molar-refractivity contribution in [3.8, 4) is 0 Å². The zero-order valence-corrected chi connectivity index (χ0v) is 12.8. The van der Waals surface area contributed by atoms with E-state index >= 15 is 0 Å². The zero-order valence-electron chi connectivity index (χ0n) is 12.0. The Morgan fingerprint density at radius 2 is 2.05 bits per heavy atom. The first kappa shape index (κ1) is 16.8. The number of hydrazine groups is 1. The molecule has 0 unspecified atom stereocenters. The van der Waals surface area contributed by atoms with Crippen molar-refractivity contribution in [2.45, 2.75) is 25.2 Å². The number of rotatable bonds is 9. The highest BCUT2D eigenvalue weighted by Crippen LogP contribution is 2.11. The molecule has 7 nitrogen and oxygen atoms in total. The molecule has 0 aromatic carbocycles. The van der Waals surface area contributed by atoms with Crippen LogP contribution in [0.2, 0.25) is 0 Å². The minimum atomic E-state index is -3.51. The lowest BCUT2D eigenvalue weighted by molar-refractivity contribution is 0.300. The average Bonchev–Trinajstić information content (AvgIpc) is 2.47. The Bertz CT molecular complexity index is 502.